The van der Waals surface area contributed by atoms with Gasteiger partial charge in [0.25, 0.3) is 0 Å². The van der Waals surface area contributed by atoms with Crippen molar-refractivity contribution < 1.29 is 6.51 Å². The van der Waals surface area contributed by atoms with E-state index in [1.54, 1.807) is 48.2 Å². The van der Waals surface area contributed by atoms with Crippen molar-refractivity contribution in [3.05, 3.63) is 0 Å². The molecule has 0 aliphatic carbocycles. The second-order valence-electron chi connectivity index (χ2n) is 9.58. The summed E-state index contributed by atoms with van der Waals surface area (Å²) >= 11 is 0. The predicted octanol–water partition coefficient (Wildman–Crippen LogP) is 2.73. The van der Waals surface area contributed by atoms with Crippen molar-refractivity contribution in [2.75, 3.05) is 0 Å². The van der Waals surface area contributed by atoms with Crippen molar-refractivity contribution >= 4 is 29.6 Å². The van der Waals surface area contributed by atoms with E-state index in [1.165, 1.54) is 0 Å². The maximum absolute atomic E-state index is 2.28. The second kappa shape index (κ2) is 0.284. The van der Waals surface area contributed by atoms with Crippen LogP contribution in [0.4, 0.5) is 0 Å². The quantitative estimate of drug-likeness (QED) is 0.539. The minimum absolute atomic E-state index is 0. The van der Waals surface area contributed by atoms with Crippen LogP contribution in [0.25, 0.3) is 0 Å². The fraction of sp³-hybridized carbons (Fsp3) is 1.00. The van der Waals surface area contributed by atoms with Gasteiger partial charge < -0.3 is 0 Å². The zero-order chi connectivity index (χ0) is 6.09. The Morgan fingerprint density at radius 3 is 0.583 bits per heavy atom. The number of hydrogen-bond donors (Lipinski definition) is 0. The van der Waals surface area contributed by atoms with Crippen LogP contribution in [-0.2, 0) is 6.51 Å². The van der Waals surface area contributed by atoms with Crippen molar-refractivity contribution in [1.82, 2.24) is 0 Å². The van der Waals surface area contributed by atoms with E-state index < -0.39 is 6.51 Å². The average molecular weight is 210 g/mol. The van der Waals surface area contributed by atoms with Gasteiger partial charge in [0.1, 0.15) is 0 Å². The Morgan fingerprint density at radius 1 is 0.417 bits per heavy atom. The summed E-state index contributed by atoms with van der Waals surface area (Å²) in [6.45, 7) is -2.28. The first-order chi connectivity index (χ1) is 5.16. The first-order valence-electron chi connectivity index (χ1n) is 5.37. The monoisotopic (exact) mass is 210 g/mol. The summed E-state index contributed by atoms with van der Waals surface area (Å²) in [6.07, 6.45) is 0. The van der Waals surface area contributed by atoms with E-state index in [0.29, 0.717) is 0 Å². The molecule has 10 aliphatic heterocycles. The molecule has 10 aliphatic rings. The van der Waals surface area contributed by atoms with E-state index >= 15 is 0 Å². The van der Waals surface area contributed by atoms with Gasteiger partial charge in [-0.15, -0.1) is 0 Å². The summed E-state index contributed by atoms with van der Waals surface area (Å²) < 4.78 is 0. The SMILES string of the molecule is [CH]12[CH]3[CH]4[CH]5[CH]1[Fe]23451678[CH]2[CH]1[CH]6[CH]7[CH]28.[NaH]. The van der Waals surface area contributed by atoms with Crippen molar-refractivity contribution in [3.8, 4) is 0 Å². The molecular weight excluding hydrogens is 199 g/mol. The summed E-state index contributed by atoms with van der Waals surface area (Å²) in [5.74, 6) is 0. The molecule has 60 valence electrons. The molecule has 0 nitrogen and oxygen atoms in total. The fourth-order valence-electron chi connectivity index (χ4n) is 15.8. The number of fused-ring (bicyclic) bond motifs is 10. The molecule has 0 amide bonds. The third kappa shape index (κ3) is 0.0314. The molecular formula is C10H11FeNa. The van der Waals surface area contributed by atoms with E-state index in [1.807, 2.05) is 0 Å². The first kappa shape index (κ1) is 4.58. The van der Waals surface area contributed by atoms with Gasteiger partial charge in [-0.2, -0.15) is 0 Å². The number of rotatable bonds is 0. The third-order valence-electron chi connectivity index (χ3n) is 14.5. The Bertz CT molecular complexity index is 577. The van der Waals surface area contributed by atoms with Crippen LogP contribution in [0.15, 0.2) is 0 Å². The van der Waals surface area contributed by atoms with Gasteiger partial charge in [0.05, 0.1) is 0 Å². The van der Waals surface area contributed by atoms with Gasteiger partial charge in [-0.25, -0.2) is 0 Å². The molecule has 10 saturated heterocycles. The molecule has 0 aromatic carbocycles. The van der Waals surface area contributed by atoms with E-state index in [0.717, 1.165) is 0 Å². The van der Waals surface area contributed by atoms with Crippen molar-refractivity contribution in [1.29, 1.82) is 0 Å². The molecule has 0 saturated carbocycles. The zero-order valence-electron chi connectivity index (χ0n) is 6.13. The fourth-order valence-corrected chi connectivity index (χ4v) is 88.0. The molecule has 0 atom stereocenters. The van der Waals surface area contributed by atoms with Crippen LogP contribution in [-0.4, -0.2) is 29.6 Å². The predicted molar refractivity (Wildman–Crippen MR) is 44.6 cm³/mol. The molecule has 0 aromatic heterocycles. The van der Waals surface area contributed by atoms with Crippen LogP contribution in [0.2, 0.25) is 48.2 Å². The van der Waals surface area contributed by atoms with Crippen LogP contribution in [0, 0.1) is 0 Å². The Balaban J connectivity index is 0.000000400. The van der Waals surface area contributed by atoms with E-state index in [4.69, 9.17) is 0 Å². The summed E-state index contributed by atoms with van der Waals surface area (Å²) in [7, 11) is 0. The van der Waals surface area contributed by atoms with Crippen LogP contribution < -0.4 is 0 Å². The van der Waals surface area contributed by atoms with Gasteiger partial charge in [0.2, 0.25) is 0 Å². The Hall–Kier alpha value is 1.52. The molecule has 0 aromatic rings. The molecule has 12 heavy (non-hydrogen) atoms. The Kier molecular flexibility index (Phi) is 0.108. The van der Waals surface area contributed by atoms with Crippen LogP contribution in [0.5, 0.6) is 0 Å². The molecule has 10 fully saturated rings. The minimum atomic E-state index is -2.28. The topological polar surface area (TPSA) is 0 Å². The first-order valence-corrected chi connectivity index (χ1v) is 11.7. The van der Waals surface area contributed by atoms with Crippen LogP contribution >= 0.6 is 0 Å². The van der Waals surface area contributed by atoms with Crippen molar-refractivity contribution in [2.24, 2.45) is 0 Å². The molecule has 2 heteroatoms. The van der Waals surface area contributed by atoms with Crippen LogP contribution in [0.3, 0.4) is 0 Å². The molecule has 10 heterocycles. The third-order valence-corrected chi connectivity index (χ3v) is 56.5. The van der Waals surface area contributed by atoms with Gasteiger partial charge in [0.15, 0.2) is 0 Å². The summed E-state index contributed by atoms with van der Waals surface area (Å²) in [4.78, 5) is 15.9. The van der Waals surface area contributed by atoms with Gasteiger partial charge in [-0.3, -0.25) is 0 Å². The second-order valence-corrected chi connectivity index (χ2v) is 33.5. The van der Waals surface area contributed by atoms with E-state index in [-0.39, 0.29) is 29.6 Å². The van der Waals surface area contributed by atoms with Gasteiger partial charge in [-0.05, 0) is 0 Å². The molecule has 10 rings (SSSR count). The number of hydrogen-bond acceptors (Lipinski definition) is 0. The summed E-state index contributed by atoms with van der Waals surface area (Å²) in [5.41, 5.74) is 0. The molecule has 0 N–H and O–H groups in total. The van der Waals surface area contributed by atoms with Gasteiger partial charge in [0, 0.05) is 0 Å². The molecule has 0 unspecified atom stereocenters. The molecule has 1 spiro atoms. The van der Waals surface area contributed by atoms with Crippen LogP contribution in [0.1, 0.15) is 0 Å². The molecule has 0 radical (unpaired) electrons. The van der Waals surface area contributed by atoms with Crippen molar-refractivity contribution in [2.45, 2.75) is 48.2 Å². The Morgan fingerprint density at radius 2 is 0.583 bits per heavy atom. The van der Waals surface area contributed by atoms with E-state index in [9.17, 15) is 0 Å². The normalized spacial score (nSPS) is 157. The van der Waals surface area contributed by atoms with Gasteiger partial charge >= 0.3 is 84.2 Å². The summed E-state index contributed by atoms with van der Waals surface area (Å²) in [5, 5.41) is 0. The van der Waals surface area contributed by atoms with E-state index in [2.05, 4.69) is 0 Å². The maximum atomic E-state index is 1.59. The average Bonchev–Trinajstić information content (AvgIpc) is 3.01. The van der Waals surface area contributed by atoms with Crippen molar-refractivity contribution in [3.63, 3.8) is 0 Å². The zero-order valence-corrected chi connectivity index (χ0v) is 7.23. The van der Waals surface area contributed by atoms with Gasteiger partial charge in [-0.1, -0.05) is 0 Å². The Labute approximate surface area is 83.4 Å². The summed E-state index contributed by atoms with van der Waals surface area (Å²) in [6, 6.07) is 0. The standard InChI is InChI=1S/2C5H5.Fe.Na.H/c2*1-2-4-5-3-1;;;/h2*1-5H;;;. The molecule has 0 bridgehead atoms.